The highest BCUT2D eigenvalue weighted by Gasteiger charge is 2.57. The Morgan fingerprint density at radius 1 is 1.29 bits per heavy atom. The highest BCUT2D eigenvalue weighted by Crippen LogP contribution is 2.61. The zero-order valence-corrected chi connectivity index (χ0v) is 14.9. The Labute approximate surface area is 145 Å². The maximum Gasteiger partial charge on any atom is 0.358 e. The van der Waals surface area contributed by atoms with Crippen molar-refractivity contribution in [3.8, 4) is 10.8 Å². The van der Waals surface area contributed by atoms with Crippen LogP contribution in [0.4, 0.5) is 0 Å². The standard InChI is InChI=1S/C18H21N3O2S/c1-10-12-7-11(18(12,2)3)8-14(10)23-17(22)13-9-24-16(21-13)15-19-5-4-6-20-15/h4-6,9-12,14H,7-8H2,1-3H3. The number of esters is 1. The van der Waals surface area contributed by atoms with Gasteiger partial charge >= 0.3 is 5.97 Å². The normalized spacial score (nSPS) is 30.5. The zero-order chi connectivity index (χ0) is 16.9. The second-order valence-electron chi connectivity index (χ2n) is 7.51. The second kappa shape index (κ2) is 5.62. The van der Waals surface area contributed by atoms with E-state index < -0.39 is 0 Å². The molecule has 3 aliphatic rings. The molecule has 3 fully saturated rings. The first kappa shape index (κ1) is 15.7. The van der Waals surface area contributed by atoms with Gasteiger partial charge < -0.3 is 4.74 Å². The average molecular weight is 343 g/mol. The molecule has 2 bridgehead atoms. The molecule has 0 spiro atoms. The molecule has 2 heterocycles. The van der Waals surface area contributed by atoms with E-state index in [1.165, 1.54) is 17.8 Å². The van der Waals surface area contributed by atoms with E-state index in [1.807, 2.05) is 0 Å². The maximum absolute atomic E-state index is 12.5. The van der Waals surface area contributed by atoms with Gasteiger partial charge in [-0.25, -0.2) is 19.7 Å². The molecule has 24 heavy (non-hydrogen) atoms. The van der Waals surface area contributed by atoms with E-state index in [-0.39, 0.29) is 12.1 Å². The van der Waals surface area contributed by atoms with Crippen LogP contribution in [0, 0.1) is 23.2 Å². The molecule has 0 saturated heterocycles. The number of ether oxygens (including phenoxy) is 1. The van der Waals surface area contributed by atoms with E-state index in [0.29, 0.717) is 39.7 Å². The lowest BCUT2D eigenvalue weighted by Crippen LogP contribution is -2.57. The van der Waals surface area contributed by atoms with E-state index in [1.54, 1.807) is 23.8 Å². The van der Waals surface area contributed by atoms with Gasteiger partial charge in [-0.2, -0.15) is 0 Å². The number of thiazole rings is 1. The lowest BCUT2D eigenvalue weighted by Gasteiger charge is -2.61. The summed E-state index contributed by atoms with van der Waals surface area (Å²) in [6.07, 6.45) is 5.58. The molecule has 6 heteroatoms. The van der Waals surface area contributed by atoms with Crippen molar-refractivity contribution in [2.45, 2.75) is 39.7 Å². The van der Waals surface area contributed by atoms with Crippen LogP contribution < -0.4 is 0 Å². The van der Waals surface area contributed by atoms with Gasteiger partial charge in [0.25, 0.3) is 0 Å². The summed E-state index contributed by atoms with van der Waals surface area (Å²) in [4.78, 5) is 25.1. The van der Waals surface area contributed by atoms with E-state index in [4.69, 9.17) is 4.74 Å². The number of rotatable bonds is 3. The molecule has 5 nitrogen and oxygen atoms in total. The number of carbonyl (C=O) groups is 1. The molecule has 0 N–H and O–H groups in total. The lowest BCUT2D eigenvalue weighted by atomic mass is 9.45. The van der Waals surface area contributed by atoms with Gasteiger partial charge in [-0.3, -0.25) is 0 Å². The van der Waals surface area contributed by atoms with Gasteiger partial charge in [0.1, 0.15) is 6.10 Å². The molecular formula is C18H21N3O2S. The molecule has 3 saturated carbocycles. The first-order valence-corrected chi connectivity index (χ1v) is 9.28. The monoisotopic (exact) mass is 343 g/mol. The molecular weight excluding hydrogens is 322 g/mol. The Morgan fingerprint density at radius 2 is 2.04 bits per heavy atom. The van der Waals surface area contributed by atoms with Crippen molar-refractivity contribution in [2.24, 2.45) is 23.2 Å². The van der Waals surface area contributed by atoms with Crippen molar-refractivity contribution in [2.75, 3.05) is 0 Å². The van der Waals surface area contributed by atoms with E-state index in [9.17, 15) is 4.79 Å². The highest BCUT2D eigenvalue weighted by molar-refractivity contribution is 7.13. The summed E-state index contributed by atoms with van der Waals surface area (Å²) in [6, 6.07) is 1.75. The van der Waals surface area contributed by atoms with Crippen molar-refractivity contribution in [1.82, 2.24) is 15.0 Å². The molecule has 4 unspecified atom stereocenters. The average Bonchev–Trinajstić information content (AvgIpc) is 3.07. The van der Waals surface area contributed by atoms with Crippen LogP contribution in [0.5, 0.6) is 0 Å². The van der Waals surface area contributed by atoms with Gasteiger partial charge in [0, 0.05) is 17.8 Å². The third-order valence-corrected chi connectivity index (χ3v) is 6.85. The Bertz CT molecular complexity index is 759. The Morgan fingerprint density at radius 3 is 2.71 bits per heavy atom. The van der Waals surface area contributed by atoms with Gasteiger partial charge in [0.15, 0.2) is 16.5 Å². The fraction of sp³-hybridized carbons (Fsp3) is 0.556. The molecule has 3 aliphatic carbocycles. The van der Waals surface area contributed by atoms with Gasteiger partial charge in [-0.05, 0) is 42.1 Å². The van der Waals surface area contributed by atoms with Crippen molar-refractivity contribution >= 4 is 17.3 Å². The summed E-state index contributed by atoms with van der Waals surface area (Å²) in [5, 5.41) is 2.37. The Kier molecular flexibility index (Phi) is 3.67. The molecule has 0 amide bonds. The number of aromatic nitrogens is 3. The minimum Gasteiger partial charge on any atom is -0.457 e. The SMILES string of the molecule is CC1C(OC(=O)c2csc(-c3ncccn3)n2)CC2CC1C2(C)C. The molecule has 0 aliphatic heterocycles. The summed E-state index contributed by atoms with van der Waals surface area (Å²) < 4.78 is 5.80. The molecule has 0 aromatic carbocycles. The number of fused-ring (bicyclic) bond motifs is 2. The quantitative estimate of drug-likeness (QED) is 0.793. The molecule has 5 rings (SSSR count). The fourth-order valence-electron chi connectivity index (χ4n) is 4.34. The third-order valence-electron chi connectivity index (χ3n) is 6.01. The van der Waals surface area contributed by atoms with Crippen molar-refractivity contribution in [1.29, 1.82) is 0 Å². The Balaban J connectivity index is 1.45. The van der Waals surface area contributed by atoms with Crippen LogP contribution in [0.25, 0.3) is 10.8 Å². The summed E-state index contributed by atoms with van der Waals surface area (Å²) in [7, 11) is 0. The number of carbonyl (C=O) groups excluding carboxylic acids is 1. The Hall–Kier alpha value is -1.82. The smallest absolute Gasteiger partial charge is 0.358 e. The zero-order valence-electron chi connectivity index (χ0n) is 14.1. The van der Waals surface area contributed by atoms with Crippen molar-refractivity contribution < 1.29 is 9.53 Å². The van der Waals surface area contributed by atoms with Crippen LogP contribution in [0.15, 0.2) is 23.8 Å². The maximum atomic E-state index is 12.5. The van der Waals surface area contributed by atoms with Gasteiger partial charge in [-0.15, -0.1) is 11.3 Å². The third kappa shape index (κ3) is 2.44. The van der Waals surface area contributed by atoms with Crippen molar-refractivity contribution in [3.05, 3.63) is 29.5 Å². The van der Waals surface area contributed by atoms with E-state index >= 15 is 0 Å². The first-order valence-electron chi connectivity index (χ1n) is 8.40. The number of hydrogen-bond donors (Lipinski definition) is 0. The minimum atomic E-state index is -0.329. The molecule has 2 aromatic rings. The molecule has 4 atom stereocenters. The van der Waals surface area contributed by atoms with Crippen LogP contribution in [0.2, 0.25) is 0 Å². The topological polar surface area (TPSA) is 65.0 Å². The van der Waals surface area contributed by atoms with Gasteiger partial charge in [0.05, 0.1) is 0 Å². The van der Waals surface area contributed by atoms with Gasteiger partial charge in [-0.1, -0.05) is 20.8 Å². The molecule has 2 aromatic heterocycles. The predicted octanol–water partition coefficient (Wildman–Crippen LogP) is 3.83. The largest absolute Gasteiger partial charge is 0.457 e. The number of nitrogens with zero attached hydrogens (tertiary/aromatic N) is 3. The summed E-state index contributed by atoms with van der Waals surface area (Å²) in [6.45, 7) is 6.89. The number of hydrogen-bond acceptors (Lipinski definition) is 6. The van der Waals surface area contributed by atoms with E-state index in [0.717, 1.165) is 6.42 Å². The molecule has 0 radical (unpaired) electrons. The predicted molar refractivity (Wildman–Crippen MR) is 91.5 cm³/mol. The van der Waals surface area contributed by atoms with Crippen LogP contribution in [0.3, 0.4) is 0 Å². The summed E-state index contributed by atoms with van der Waals surface area (Å²) in [5.74, 6) is 1.93. The lowest BCUT2D eigenvalue weighted by molar-refractivity contribution is -0.156. The van der Waals surface area contributed by atoms with Crippen LogP contribution in [-0.4, -0.2) is 27.0 Å². The second-order valence-corrected chi connectivity index (χ2v) is 8.37. The first-order chi connectivity index (χ1) is 11.5. The van der Waals surface area contributed by atoms with Crippen LogP contribution >= 0.6 is 11.3 Å². The molecule has 126 valence electrons. The van der Waals surface area contributed by atoms with Crippen LogP contribution in [-0.2, 0) is 4.74 Å². The van der Waals surface area contributed by atoms with Crippen LogP contribution in [0.1, 0.15) is 44.1 Å². The highest BCUT2D eigenvalue weighted by atomic mass is 32.1. The summed E-state index contributed by atoms with van der Waals surface area (Å²) >= 11 is 1.37. The fourth-order valence-corrected chi connectivity index (χ4v) is 5.07. The van der Waals surface area contributed by atoms with E-state index in [2.05, 4.69) is 35.7 Å². The van der Waals surface area contributed by atoms with Crippen molar-refractivity contribution in [3.63, 3.8) is 0 Å². The summed E-state index contributed by atoms with van der Waals surface area (Å²) in [5.41, 5.74) is 0.744. The van der Waals surface area contributed by atoms with Gasteiger partial charge in [0.2, 0.25) is 0 Å². The minimum absolute atomic E-state index is 0.00685.